The average Bonchev–Trinajstić information content (AvgIpc) is 2.46. The predicted molar refractivity (Wildman–Crippen MR) is 75.6 cm³/mol. The Morgan fingerprint density at radius 2 is 1.80 bits per heavy atom. The van der Waals surface area contributed by atoms with E-state index in [1.807, 2.05) is 11.9 Å². The quantitative estimate of drug-likeness (QED) is 0.819. The summed E-state index contributed by atoms with van der Waals surface area (Å²) in [5.74, 6) is -1.19. The molecular weight excluding hydrogens is 258 g/mol. The minimum absolute atomic E-state index is 0.00879. The third-order valence-corrected chi connectivity index (χ3v) is 4.58. The molecule has 114 valence electrons. The van der Waals surface area contributed by atoms with E-state index in [0.29, 0.717) is 19.5 Å². The van der Waals surface area contributed by atoms with Gasteiger partial charge in [-0.1, -0.05) is 0 Å². The van der Waals surface area contributed by atoms with E-state index in [1.165, 1.54) is 0 Å². The summed E-state index contributed by atoms with van der Waals surface area (Å²) < 4.78 is 0. The van der Waals surface area contributed by atoms with Crippen molar-refractivity contribution in [2.75, 3.05) is 40.3 Å². The van der Waals surface area contributed by atoms with Crippen LogP contribution in [0.5, 0.6) is 0 Å². The fourth-order valence-electron chi connectivity index (χ4n) is 3.11. The molecule has 2 amide bonds. The Morgan fingerprint density at radius 3 is 2.40 bits per heavy atom. The van der Waals surface area contributed by atoms with Crippen LogP contribution in [0.25, 0.3) is 0 Å². The second kappa shape index (κ2) is 6.43. The predicted octanol–water partition coefficient (Wildman–Crippen LogP) is 0.929. The van der Waals surface area contributed by atoms with Crippen LogP contribution in [0.3, 0.4) is 0 Å². The van der Waals surface area contributed by atoms with Gasteiger partial charge < -0.3 is 19.8 Å². The van der Waals surface area contributed by atoms with Crippen LogP contribution in [0.2, 0.25) is 0 Å². The van der Waals surface area contributed by atoms with Gasteiger partial charge in [0, 0.05) is 26.2 Å². The molecule has 6 nitrogen and oxygen atoms in total. The molecule has 0 aromatic heterocycles. The van der Waals surface area contributed by atoms with Crippen molar-refractivity contribution in [3.8, 4) is 0 Å². The molecule has 2 heterocycles. The molecule has 1 N–H and O–H groups in total. The lowest BCUT2D eigenvalue weighted by atomic mass is 9.98. The van der Waals surface area contributed by atoms with Gasteiger partial charge in [0.15, 0.2) is 0 Å². The fourth-order valence-corrected chi connectivity index (χ4v) is 3.11. The molecule has 0 spiro atoms. The summed E-state index contributed by atoms with van der Waals surface area (Å²) in [6, 6.07) is 0.273. The minimum Gasteiger partial charge on any atom is -0.481 e. The molecule has 6 heteroatoms. The second-order valence-electron chi connectivity index (χ2n) is 6.05. The number of carboxylic acids is 1. The number of carboxylic acid groups (broad SMARTS) is 1. The summed E-state index contributed by atoms with van der Waals surface area (Å²) in [4.78, 5) is 29.4. The topological polar surface area (TPSA) is 64.1 Å². The summed E-state index contributed by atoms with van der Waals surface area (Å²) in [7, 11) is 3.95. The van der Waals surface area contributed by atoms with Crippen molar-refractivity contribution in [1.29, 1.82) is 0 Å². The molecule has 2 aliphatic heterocycles. The third-order valence-electron chi connectivity index (χ3n) is 4.58. The lowest BCUT2D eigenvalue weighted by Gasteiger charge is -2.39. The number of hydrogen-bond acceptors (Lipinski definition) is 3. The van der Waals surface area contributed by atoms with E-state index in [9.17, 15) is 9.59 Å². The first-order valence-electron chi connectivity index (χ1n) is 7.42. The van der Waals surface area contributed by atoms with Crippen molar-refractivity contribution in [3.63, 3.8) is 0 Å². The van der Waals surface area contributed by atoms with Crippen LogP contribution >= 0.6 is 0 Å². The fraction of sp³-hybridized carbons (Fsp3) is 0.857. The molecular formula is C14H25N3O3. The Morgan fingerprint density at radius 1 is 1.15 bits per heavy atom. The summed E-state index contributed by atoms with van der Waals surface area (Å²) in [5, 5.41) is 9.10. The molecule has 2 aliphatic rings. The van der Waals surface area contributed by atoms with Crippen LogP contribution in [0.15, 0.2) is 0 Å². The Kier molecular flexibility index (Phi) is 4.86. The standard InChI is InChI=1S/C14H25N3O3/c1-15-8-5-12(6-9-15)16(2)14(20)17-7-3-4-11(10-17)13(18)19/h11-12H,3-10H2,1-2H3,(H,18,19). The van der Waals surface area contributed by atoms with Gasteiger partial charge >= 0.3 is 12.0 Å². The van der Waals surface area contributed by atoms with E-state index in [4.69, 9.17) is 5.11 Å². The Labute approximate surface area is 120 Å². The molecule has 0 aromatic rings. The van der Waals surface area contributed by atoms with Gasteiger partial charge in [-0.15, -0.1) is 0 Å². The number of piperidine rings is 2. The Balaban J connectivity index is 1.91. The monoisotopic (exact) mass is 283 g/mol. The molecule has 20 heavy (non-hydrogen) atoms. The number of carbonyl (C=O) groups is 2. The Hall–Kier alpha value is -1.30. The van der Waals surface area contributed by atoms with Crippen LogP contribution in [0.1, 0.15) is 25.7 Å². The smallest absolute Gasteiger partial charge is 0.320 e. The molecule has 0 bridgehead atoms. The van der Waals surface area contributed by atoms with Crippen molar-refractivity contribution in [1.82, 2.24) is 14.7 Å². The summed E-state index contributed by atoms with van der Waals surface area (Å²) >= 11 is 0. The van der Waals surface area contributed by atoms with Gasteiger partial charge in [0.2, 0.25) is 0 Å². The zero-order valence-corrected chi connectivity index (χ0v) is 12.4. The van der Waals surface area contributed by atoms with E-state index in [0.717, 1.165) is 32.4 Å². The van der Waals surface area contributed by atoms with Crippen molar-refractivity contribution < 1.29 is 14.7 Å². The van der Waals surface area contributed by atoms with Gasteiger partial charge in [0.25, 0.3) is 0 Å². The first kappa shape index (κ1) is 15.1. The van der Waals surface area contributed by atoms with Gasteiger partial charge in [0.1, 0.15) is 0 Å². The largest absolute Gasteiger partial charge is 0.481 e. The summed E-state index contributed by atoms with van der Waals surface area (Å²) in [6.45, 7) is 3.06. The SMILES string of the molecule is CN1CCC(N(C)C(=O)N2CCCC(C(=O)O)C2)CC1. The lowest BCUT2D eigenvalue weighted by molar-refractivity contribution is -0.143. The molecule has 1 atom stereocenters. The number of urea groups is 1. The van der Waals surface area contributed by atoms with Gasteiger partial charge in [-0.25, -0.2) is 4.79 Å². The first-order valence-corrected chi connectivity index (χ1v) is 7.42. The first-order chi connectivity index (χ1) is 9.49. The highest BCUT2D eigenvalue weighted by Crippen LogP contribution is 2.20. The van der Waals surface area contributed by atoms with Crippen LogP contribution in [-0.2, 0) is 4.79 Å². The molecule has 2 rings (SSSR count). The van der Waals surface area contributed by atoms with Crippen LogP contribution in [-0.4, -0.2) is 78.1 Å². The van der Waals surface area contributed by atoms with Crippen molar-refractivity contribution in [2.24, 2.45) is 5.92 Å². The van der Waals surface area contributed by atoms with Crippen LogP contribution in [0, 0.1) is 5.92 Å². The van der Waals surface area contributed by atoms with Gasteiger partial charge in [-0.3, -0.25) is 4.79 Å². The maximum absolute atomic E-state index is 12.5. The molecule has 0 aromatic carbocycles. The number of amides is 2. The maximum Gasteiger partial charge on any atom is 0.320 e. The number of rotatable bonds is 2. The van der Waals surface area contributed by atoms with Gasteiger partial charge in [-0.05, 0) is 45.8 Å². The minimum atomic E-state index is -0.788. The second-order valence-corrected chi connectivity index (χ2v) is 6.05. The Bertz CT molecular complexity index is 367. The van der Waals surface area contributed by atoms with Crippen molar-refractivity contribution in [3.05, 3.63) is 0 Å². The van der Waals surface area contributed by atoms with Gasteiger partial charge in [-0.2, -0.15) is 0 Å². The molecule has 2 saturated heterocycles. The van der Waals surface area contributed by atoms with Crippen molar-refractivity contribution in [2.45, 2.75) is 31.7 Å². The van der Waals surface area contributed by atoms with E-state index in [2.05, 4.69) is 11.9 Å². The van der Waals surface area contributed by atoms with E-state index in [1.54, 1.807) is 4.90 Å². The molecule has 2 fully saturated rings. The van der Waals surface area contributed by atoms with Crippen LogP contribution < -0.4 is 0 Å². The normalized spacial score (nSPS) is 25.5. The zero-order chi connectivity index (χ0) is 14.7. The molecule has 1 unspecified atom stereocenters. The van der Waals surface area contributed by atoms with E-state index >= 15 is 0 Å². The average molecular weight is 283 g/mol. The van der Waals surface area contributed by atoms with Crippen LogP contribution in [0.4, 0.5) is 4.79 Å². The van der Waals surface area contributed by atoms with E-state index in [-0.39, 0.29) is 12.1 Å². The number of nitrogens with zero attached hydrogens (tertiary/aromatic N) is 3. The van der Waals surface area contributed by atoms with E-state index < -0.39 is 11.9 Å². The number of aliphatic carboxylic acids is 1. The lowest BCUT2D eigenvalue weighted by Crippen LogP contribution is -2.52. The summed E-state index contributed by atoms with van der Waals surface area (Å²) in [6.07, 6.45) is 3.45. The maximum atomic E-state index is 12.5. The third kappa shape index (κ3) is 3.42. The number of likely N-dealkylation sites (tertiary alicyclic amines) is 2. The molecule has 0 radical (unpaired) electrons. The molecule has 0 saturated carbocycles. The summed E-state index contributed by atoms with van der Waals surface area (Å²) in [5.41, 5.74) is 0. The van der Waals surface area contributed by atoms with Gasteiger partial charge in [0.05, 0.1) is 5.92 Å². The molecule has 0 aliphatic carbocycles. The highest BCUT2D eigenvalue weighted by molar-refractivity contribution is 5.76. The number of carbonyl (C=O) groups excluding carboxylic acids is 1. The highest BCUT2D eigenvalue weighted by atomic mass is 16.4. The highest BCUT2D eigenvalue weighted by Gasteiger charge is 2.32. The number of hydrogen-bond donors (Lipinski definition) is 1. The zero-order valence-electron chi connectivity index (χ0n) is 12.4. The van der Waals surface area contributed by atoms with Crippen molar-refractivity contribution >= 4 is 12.0 Å².